The van der Waals surface area contributed by atoms with Gasteiger partial charge in [-0.15, -0.1) is 0 Å². The SMILES string of the molecule is Cc1cc([C@H](C)Nc2ccc(F)cc2C(=O)O)c2cc(-c3ccnc(C4CC4)c3)c(C)nc2c1. The molecule has 5 rings (SSSR count). The number of nitrogens with one attached hydrogen (secondary N) is 1. The van der Waals surface area contributed by atoms with E-state index in [9.17, 15) is 14.3 Å². The molecule has 34 heavy (non-hydrogen) atoms. The molecule has 5 nitrogen and oxygen atoms in total. The van der Waals surface area contributed by atoms with Crippen molar-refractivity contribution in [3.63, 3.8) is 0 Å². The molecule has 172 valence electrons. The topological polar surface area (TPSA) is 75.1 Å². The van der Waals surface area contributed by atoms with E-state index in [1.54, 1.807) is 0 Å². The highest BCUT2D eigenvalue weighted by Gasteiger charge is 2.25. The average Bonchev–Trinajstić information content (AvgIpc) is 3.64. The number of nitrogens with zero attached hydrogens (tertiary/aromatic N) is 2. The van der Waals surface area contributed by atoms with E-state index in [1.807, 2.05) is 33.0 Å². The van der Waals surface area contributed by atoms with E-state index in [0.717, 1.165) is 50.6 Å². The fourth-order valence-electron chi connectivity index (χ4n) is 4.54. The molecule has 2 N–H and O–H groups in total. The summed E-state index contributed by atoms with van der Waals surface area (Å²) in [6, 6.07) is 14.0. The number of benzene rings is 2. The van der Waals surface area contributed by atoms with Gasteiger partial charge in [-0.1, -0.05) is 6.07 Å². The Bertz CT molecular complexity index is 1430. The third-order valence-corrected chi connectivity index (χ3v) is 6.44. The van der Waals surface area contributed by atoms with Crippen molar-refractivity contribution in [3.05, 3.63) is 88.6 Å². The minimum atomic E-state index is -1.17. The molecule has 6 heteroatoms. The maximum atomic E-state index is 13.7. The smallest absolute Gasteiger partial charge is 0.337 e. The van der Waals surface area contributed by atoms with Crippen LogP contribution < -0.4 is 5.32 Å². The highest BCUT2D eigenvalue weighted by Crippen LogP contribution is 2.40. The second-order valence-electron chi connectivity index (χ2n) is 9.15. The number of fused-ring (bicyclic) bond motifs is 1. The van der Waals surface area contributed by atoms with Crippen LogP contribution in [0.5, 0.6) is 0 Å². The van der Waals surface area contributed by atoms with E-state index in [2.05, 4.69) is 34.6 Å². The normalized spacial score (nSPS) is 14.2. The number of hydrogen-bond acceptors (Lipinski definition) is 4. The van der Waals surface area contributed by atoms with Crippen molar-refractivity contribution >= 4 is 22.6 Å². The summed E-state index contributed by atoms with van der Waals surface area (Å²) in [5.41, 5.74) is 7.47. The Labute approximate surface area is 197 Å². The van der Waals surface area contributed by atoms with Gasteiger partial charge in [0.15, 0.2) is 0 Å². The lowest BCUT2D eigenvalue weighted by Gasteiger charge is -2.21. The van der Waals surface area contributed by atoms with Gasteiger partial charge in [0.05, 0.1) is 11.1 Å². The molecule has 1 aliphatic rings. The number of carboxylic acid groups (broad SMARTS) is 1. The van der Waals surface area contributed by atoms with Gasteiger partial charge >= 0.3 is 5.97 Å². The largest absolute Gasteiger partial charge is 0.478 e. The van der Waals surface area contributed by atoms with Crippen LogP contribution in [0.15, 0.2) is 54.7 Å². The Morgan fingerprint density at radius 2 is 1.91 bits per heavy atom. The van der Waals surface area contributed by atoms with Crippen LogP contribution in [0, 0.1) is 19.7 Å². The summed E-state index contributed by atoms with van der Waals surface area (Å²) in [6.07, 6.45) is 4.26. The Hall–Kier alpha value is -3.80. The van der Waals surface area contributed by atoms with Crippen LogP contribution in [0.2, 0.25) is 0 Å². The third-order valence-electron chi connectivity index (χ3n) is 6.44. The zero-order valence-corrected chi connectivity index (χ0v) is 19.4. The highest BCUT2D eigenvalue weighted by atomic mass is 19.1. The molecule has 0 spiro atoms. The second-order valence-corrected chi connectivity index (χ2v) is 9.15. The van der Waals surface area contributed by atoms with Gasteiger partial charge in [0.1, 0.15) is 5.82 Å². The molecule has 2 aromatic carbocycles. The first-order valence-corrected chi connectivity index (χ1v) is 11.5. The van der Waals surface area contributed by atoms with Crippen LogP contribution in [-0.2, 0) is 0 Å². The molecule has 0 amide bonds. The van der Waals surface area contributed by atoms with Crippen molar-refractivity contribution in [3.8, 4) is 11.1 Å². The zero-order valence-electron chi connectivity index (χ0n) is 19.4. The molecule has 1 fully saturated rings. The molecule has 1 atom stereocenters. The number of hydrogen-bond donors (Lipinski definition) is 2. The number of carbonyl (C=O) groups is 1. The molecular formula is C28H26FN3O2. The van der Waals surface area contributed by atoms with Crippen molar-refractivity contribution in [2.45, 2.75) is 45.6 Å². The van der Waals surface area contributed by atoms with Crippen molar-refractivity contribution in [1.29, 1.82) is 0 Å². The summed E-state index contributed by atoms with van der Waals surface area (Å²) >= 11 is 0. The predicted molar refractivity (Wildman–Crippen MR) is 132 cm³/mol. The van der Waals surface area contributed by atoms with Gasteiger partial charge in [-0.2, -0.15) is 0 Å². The van der Waals surface area contributed by atoms with Crippen molar-refractivity contribution in [2.24, 2.45) is 0 Å². The van der Waals surface area contributed by atoms with Crippen LogP contribution in [0.3, 0.4) is 0 Å². The summed E-state index contributed by atoms with van der Waals surface area (Å²) in [5, 5.41) is 13.8. The predicted octanol–water partition coefficient (Wildman–Crippen LogP) is 6.80. The fraction of sp³-hybridized carbons (Fsp3) is 0.250. The number of carboxylic acids is 1. The maximum Gasteiger partial charge on any atom is 0.337 e. The van der Waals surface area contributed by atoms with E-state index in [-0.39, 0.29) is 11.6 Å². The first-order chi connectivity index (χ1) is 16.3. The summed E-state index contributed by atoms with van der Waals surface area (Å²) in [5.74, 6) is -1.19. The zero-order chi connectivity index (χ0) is 24.0. The van der Waals surface area contributed by atoms with E-state index < -0.39 is 11.8 Å². The van der Waals surface area contributed by atoms with Crippen LogP contribution >= 0.6 is 0 Å². The molecule has 0 unspecified atom stereocenters. The molecule has 0 bridgehead atoms. The number of aryl methyl sites for hydroxylation is 2. The van der Waals surface area contributed by atoms with Crippen molar-refractivity contribution in [1.82, 2.24) is 9.97 Å². The van der Waals surface area contributed by atoms with Crippen LogP contribution in [0.1, 0.15) is 64.6 Å². The van der Waals surface area contributed by atoms with Gasteiger partial charge in [0, 0.05) is 46.2 Å². The quantitative estimate of drug-likeness (QED) is 0.334. The first-order valence-electron chi connectivity index (χ1n) is 11.5. The summed E-state index contributed by atoms with van der Waals surface area (Å²) in [4.78, 5) is 21.1. The Morgan fingerprint density at radius 3 is 2.65 bits per heavy atom. The summed E-state index contributed by atoms with van der Waals surface area (Å²) in [6.45, 7) is 6.01. The lowest BCUT2D eigenvalue weighted by Crippen LogP contribution is -2.12. The van der Waals surface area contributed by atoms with Crippen LogP contribution in [0.25, 0.3) is 22.0 Å². The summed E-state index contributed by atoms with van der Waals surface area (Å²) in [7, 11) is 0. The number of halogens is 1. The molecule has 1 aliphatic carbocycles. The van der Waals surface area contributed by atoms with Crippen molar-refractivity contribution in [2.75, 3.05) is 5.32 Å². The van der Waals surface area contributed by atoms with Crippen molar-refractivity contribution < 1.29 is 14.3 Å². The fourth-order valence-corrected chi connectivity index (χ4v) is 4.54. The minimum absolute atomic E-state index is 0.0946. The molecular weight excluding hydrogens is 429 g/mol. The van der Waals surface area contributed by atoms with Gasteiger partial charge in [0.25, 0.3) is 0 Å². The molecule has 0 saturated heterocycles. The van der Waals surface area contributed by atoms with Crippen LogP contribution in [-0.4, -0.2) is 21.0 Å². The molecule has 4 aromatic rings. The number of pyridine rings is 2. The number of aromatic carboxylic acids is 1. The third kappa shape index (κ3) is 4.23. The van der Waals surface area contributed by atoms with Gasteiger partial charge in [-0.25, -0.2) is 9.18 Å². The standard InChI is InChI=1S/C28H26FN3O2/c1-15-10-22(17(3)31-25-7-6-20(29)13-24(25)28(33)34)23-14-21(16(2)32-27(23)11-15)19-8-9-30-26(12-19)18-4-5-18/h6-14,17-18,31H,4-5H2,1-3H3,(H,33,34)/t17-/m0/s1. The molecule has 1 saturated carbocycles. The first kappa shape index (κ1) is 22.0. The number of rotatable bonds is 6. The van der Waals surface area contributed by atoms with Crippen LogP contribution in [0.4, 0.5) is 10.1 Å². The maximum absolute atomic E-state index is 13.7. The monoisotopic (exact) mass is 455 g/mol. The minimum Gasteiger partial charge on any atom is -0.478 e. The van der Waals surface area contributed by atoms with E-state index in [0.29, 0.717) is 11.6 Å². The second kappa shape index (κ2) is 8.52. The lowest BCUT2D eigenvalue weighted by atomic mass is 9.95. The van der Waals surface area contributed by atoms with E-state index in [1.165, 1.54) is 25.0 Å². The molecule has 0 radical (unpaired) electrons. The summed E-state index contributed by atoms with van der Waals surface area (Å²) < 4.78 is 13.7. The van der Waals surface area contributed by atoms with Gasteiger partial charge < -0.3 is 10.4 Å². The Morgan fingerprint density at radius 1 is 1.12 bits per heavy atom. The Kier molecular flexibility index (Phi) is 5.52. The van der Waals surface area contributed by atoms with E-state index in [4.69, 9.17) is 4.98 Å². The van der Waals surface area contributed by atoms with Gasteiger partial charge in [-0.3, -0.25) is 9.97 Å². The van der Waals surface area contributed by atoms with E-state index >= 15 is 0 Å². The number of aromatic nitrogens is 2. The molecule has 2 heterocycles. The highest BCUT2D eigenvalue weighted by molar-refractivity contribution is 5.94. The molecule has 0 aliphatic heterocycles. The number of anilines is 1. The molecule has 2 aromatic heterocycles. The lowest BCUT2D eigenvalue weighted by molar-refractivity contribution is 0.0697. The average molecular weight is 456 g/mol. The van der Waals surface area contributed by atoms with Gasteiger partial charge in [0.2, 0.25) is 0 Å². The van der Waals surface area contributed by atoms with Gasteiger partial charge in [-0.05, 0) is 92.8 Å². The Balaban J connectivity index is 1.59.